The molecule has 1 aromatic heterocycles. The molecule has 1 N–H and O–H groups in total. The van der Waals surface area contributed by atoms with E-state index in [1.165, 1.54) is 14.2 Å². The Kier molecular flexibility index (Phi) is 6.09. The maximum Gasteiger partial charge on any atom is 0.342 e. The van der Waals surface area contributed by atoms with E-state index in [2.05, 4.69) is 27.0 Å². The number of carbonyl (C=O) groups excluding carboxylic acids is 1. The number of hydrogen-bond donors (Lipinski definition) is 1. The van der Waals surface area contributed by atoms with Crippen LogP contribution in [-0.4, -0.2) is 31.7 Å². The molecule has 0 saturated heterocycles. The van der Waals surface area contributed by atoms with E-state index in [0.29, 0.717) is 41.0 Å². The fourth-order valence-electron chi connectivity index (χ4n) is 3.23. The van der Waals surface area contributed by atoms with Gasteiger partial charge in [-0.3, -0.25) is 0 Å². The van der Waals surface area contributed by atoms with E-state index in [1.807, 2.05) is 6.92 Å². The number of anilines is 2. The molecule has 0 unspecified atom stereocenters. The lowest BCUT2D eigenvalue weighted by Gasteiger charge is -2.25. The maximum atomic E-state index is 15.2. The Morgan fingerprint density at radius 1 is 1.31 bits per heavy atom. The molecule has 0 radical (unpaired) electrons. The van der Waals surface area contributed by atoms with Gasteiger partial charge in [-0.05, 0) is 46.6 Å². The van der Waals surface area contributed by atoms with Crippen LogP contribution in [0.3, 0.4) is 0 Å². The van der Waals surface area contributed by atoms with Gasteiger partial charge in [-0.25, -0.2) is 9.18 Å². The van der Waals surface area contributed by atoms with Crippen molar-refractivity contribution in [1.82, 2.24) is 4.98 Å². The third kappa shape index (κ3) is 3.66. The molecule has 0 fully saturated rings. The molecule has 3 rings (SSSR count). The first-order valence-corrected chi connectivity index (χ1v) is 9.69. The summed E-state index contributed by atoms with van der Waals surface area (Å²) in [5.41, 5.74) is 1.60. The van der Waals surface area contributed by atoms with Crippen molar-refractivity contribution >= 4 is 44.3 Å². The molecule has 1 heterocycles. The van der Waals surface area contributed by atoms with Gasteiger partial charge in [-0.2, -0.15) is 5.26 Å². The number of halogens is 2. The van der Waals surface area contributed by atoms with Crippen LogP contribution in [0.15, 0.2) is 34.8 Å². The minimum absolute atomic E-state index is 0.195. The topological polar surface area (TPSA) is 78.4 Å². The van der Waals surface area contributed by atoms with E-state index in [-0.39, 0.29) is 15.7 Å². The highest BCUT2D eigenvalue weighted by atomic mass is 79.9. The molecule has 0 atom stereocenters. The molecule has 3 aromatic rings. The number of nitrogens with zero attached hydrogens (tertiary/aromatic N) is 2. The average Bonchev–Trinajstić information content (AvgIpc) is 3.11. The number of carbonyl (C=O) groups is 1. The lowest BCUT2D eigenvalue weighted by atomic mass is 10.1. The number of esters is 1. The molecule has 0 saturated carbocycles. The zero-order valence-electron chi connectivity index (χ0n) is 16.2. The maximum absolute atomic E-state index is 15.2. The van der Waals surface area contributed by atoms with E-state index in [4.69, 9.17) is 9.47 Å². The first kappa shape index (κ1) is 20.7. The molecular formula is C21H19BrFN3O3. The van der Waals surface area contributed by atoms with Crippen LogP contribution in [-0.2, 0) is 4.74 Å². The smallest absolute Gasteiger partial charge is 0.342 e. The fraction of sp³-hybridized carbons (Fsp3) is 0.238. The van der Waals surface area contributed by atoms with Crippen LogP contribution in [0.5, 0.6) is 5.75 Å². The molecule has 0 aliphatic heterocycles. The second-order valence-corrected chi connectivity index (χ2v) is 7.07. The van der Waals surface area contributed by atoms with Crippen molar-refractivity contribution < 1.29 is 18.7 Å². The summed E-state index contributed by atoms with van der Waals surface area (Å²) in [6, 6.07) is 10.3. The van der Waals surface area contributed by atoms with Gasteiger partial charge >= 0.3 is 5.97 Å². The Labute approximate surface area is 176 Å². The summed E-state index contributed by atoms with van der Waals surface area (Å²) in [4.78, 5) is 17.5. The van der Waals surface area contributed by atoms with Crippen LogP contribution in [0.4, 0.5) is 15.9 Å². The number of benzene rings is 2. The predicted octanol–water partition coefficient (Wildman–Crippen LogP) is 5.28. The van der Waals surface area contributed by atoms with Crippen LogP contribution in [0.2, 0.25) is 0 Å². The monoisotopic (exact) mass is 459 g/mol. The summed E-state index contributed by atoms with van der Waals surface area (Å²) >= 11 is 3.23. The third-order valence-corrected chi connectivity index (χ3v) is 5.29. The molecule has 0 spiro atoms. The van der Waals surface area contributed by atoms with E-state index in [9.17, 15) is 10.1 Å². The largest absolute Gasteiger partial charge is 0.495 e. The number of ether oxygens (including phenoxy) is 2. The Hall–Kier alpha value is -3.05. The Morgan fingerprint density at radius 2 is 2.07 bits per heavy atom. The van der Waals surface area contributed by atoms with Crippen molar-refractivity contribution in [2.75, 3.05) is 25.7 Å². The third-order valence-electron chi connectivity index (χ3n) is 4.55. The average molecular weight is 460 g/mol. The SMILES string of the molecule is CCCN(c1ccc(OC)c(Br)c1F)c1[nH]c2cc(C#N)ccc2c1C(=O)OC. The molecular weight excluding hydrogens is 441 g/mol. The second kappa shape index (κ2) is 8.53. The molecule has 8 heteroatoms. The van der Waals surface area contributed by atoms with Crippen LogP contribution >= 0.6 is 15.9 Å². The number of aromatic amines is 1. The minimum atomic E-state index is -0.551. The molecule has 29 heavy (non-hydrogen) atoms. The van der Waals surface area contributed by atoms with Gasteiger partial charge in [0.05, 0.1) is 36.0 Å². The summed E-state index contributed by atoms with van der Waals surface area (Å²) in [5, 5.41) is 9.78. The molecule has 0 amide bonds. The first-order valence-electron chi connectivity index (χ1n) is 8.90. The van der Waals surface area contributed by atoms with E-state index >= 15 is 4.39 Å². The molecule has 0 bridgehead atoms. The molecule has 150 valence electrons. The van der Waals surface area contributed by atoms with Crippen LogP contribution in [0.1, 0.15) is 29.3 Å². The van der Waals surface area contributed by atoms with Gasteiger partial charge in [0.25, 0.3) is 0 Å². The summed E-state index contributed by atoms with van der Waals surface area (Å²) in [6.07, 6.45) is 0.697. The number of rotatable bonds is 6. The number of nitrogens with one attached hydrogen (secondary N) is 1. The Morgan fingerprint density at radius 3 is 2.69 bits per heavy atom. The summed E-state index contributed by atoms with van der Waals surface area (Å²) in [5.74, 6) is -0.291. The van der Waals surface area contributed by atoms with E-state index in [1.54, 1.807) is 35.2 Å². The molecule has 2 aromatic carbocycles. The second-order valence-electron chi connectivity index (χ2n) is 6.28. The quantitative estimate of drug-likeness (QED) is 0.507. The minimum Gasteiger partial charge on any atom is -0.495 e. The number of methoxy groups -OCH3 is 2. The molecule has 6 nitrogen and oxygen atoms in total. The van der Waals surface area contributed by atoms with Gasteiger partial charge in [-0.1, -0.05) is 13.0 Å². The van der Waals surface area contributed by atoms with Gasteiger partial charge in [0, 0.05) is 17.4 Å². The highest BCUT2D eigenvalue weighted by molar-refractivity contribution is 9.10. The van der Waals surface area contributed by atoms with Gasteiger partial charge < -0.3 is 19.4 Å². The van der Waals surface area contributed by atoms with Gasteiger partial charge in [-0.15, -0.1) is 0 Å². The van der Waals surface area contributed by atoms with Crippen molar-refractivity contribution in [3.63, 3.8) is 0 Å². The number of nitriles is 1. The van der Waals surface area contributed by atoms with Crippen molar-refractivity contribution in [3.8, 4) is 11.8 Å². The number of fused-ring (bicyclic) bond motifs is 1. The first-order chi connectivity index (χ1) is 14.0. The van der Waals surface area contributed by atoms with E-state index < -0.39 is 11.8 Å². The Balaban J connectivity index is 2.28. The van der Waals surface area contributed by atoms with Crippen LogP contribution in [0.25, 0.3) is 10.9 Å². The van der Waals surface area contributed by atoms with Crippen molar-refractivity contribution in [1.29, 1.82) is 5.26 Å². The Bertz CT molecular complexity index is 1120. The number of aromatic nitrogens is 1. The predicted molar refractivity (Wildman–Crippen MR) is 112 cm³/mol. The van der Waals surface area contributed by atoms with Crippen LogP contribution < -0.4 is 9.64 Å². The van der Waals surface area contributed by atoms with Gasteiger partial charge in [0.1, 0.15) is 17.1 Å². The van der Waals surface area contributed by atoms with Crippen molar-refractivity contribution in [2.45, 2.75) is 13.3 Å². The highest BCUT2D eigenvalue weighted by Gasteiger charge is 2.27. The number of hydrogen-bond acceptors (Lipinski definition) is 5. The molecule has 0 aliphatic carbocycles. The number of H-pyrrole nitrogens is 1. The summed E-state index contributed by atoms with van der Waals surface area (Å²) in [7, 11) is 2.76. The normalized spacial score (nSPS) is 10.6. The summed E-state index contributed by atoms with van der Waals surface area (Å²) < 4.78 is 25.5. The van der Waals surface area contributed by atoms with Crippen molar-refractivity contribution in [3.05, 3.63) is 51.7 Å². The highest BCUT2D eigenvalue weighted by Crippen LogP contribution is 2.39. The summed E-state index contributed by atoms with van der Waals surface area (Å²) in [6.45, 7) is 2.40. The fourth-order valence-corrected chi connectivity index (χ4v) is 3.73. The zero-order valence-corrected chi connectivity index (χ0v) is 17.8. The zero-order chi connectivity index (χ0) is 21.1. The van der Waals surface area contributed by atoms with Gasteiger partial charge in [0.2, 0.25) is 0 Å². The van der Waals surface area contributed by atoms with E-state index in [0.717, 1.165) is 0 Å². The van der Waals surface area contributed by atoms with Gasteiger partial charge in [0.15, 0.2) is 5.82 Å². The standard InChI is InChI=1S/C21H19BrFN3O3/c1-4-9-26(15-7-8-16(28-2)18(22)19(15)23)20-17(21(27)29-3)13-6-5-12(11-24)10-14(13)25-20/h5-8,10,25H,4,9H2,1-3H3. The van der Waals surface area contributed by atoms with Crippen molar-refractivity contribution in [2.24, 2.45) is 0 Å². The molecule has 0 aliphatic rings. The van der Waals surface area contributed by atoms with Crippen LogP contribution in [0, 0.1) is 17.1 Å². The lowest BCUT2D eigenvalue weighted by Crippen LogP contribution is -2.22. The lowest BCUT2D eigenvalue weighted by molar-refractivity contribution is 0.0604.